The van der Waals surface area contributed by atoms with Crippen LogP contribution in [0.15, 0.2) is 57.5 Å². The van der Waals surface area contributed by atoms with Crippen molar-refractivity contribution in [1.29, 1.82) is 0 Å². The highest BCUT2D eigenvalue weighted by molar-refractivity contribution is 9.10. The monoisotopic (exact) mass is 410 g/mol. The first-order valence-corrected chi connectivity index (χ1v) is 8.17. The molecule has 1 amide bonds. The van der Waals surface area contributed by atoms with Crippen molar-refractivity contribution in [3.05, 3.63) is 63.0 Å². The predicted octanol–water partition coefficient (Wildman–Crippen LogP) is 4.50. The Morgan fingerprint density at radius 1 is 1.10 bits per heavy atom. The van der Waals surface area contributed by atoms with Gasteiger partial charge in [-0.2, -0.15) is 0 Å². The number of anilines is 1. The van der Waals surface area contributed by atoms with Crippen molar-refractivity contribution in [3.63, 3.8) is 0 Å². The number of amides is 1. The minimum atomic E-state index is -0.0602. The summed E-state index contributed by atoms with van der Waals surface area (Å²) in [6, 6.07) is 15.7. The Morgan fingerprint density at radius 3 is 2.43 bits per heavy atom. The lowest BCUT2D eigenvalue weighted by molar-refractivity contribution is -0.115. The molecule has 2 aromatic carbocycles. The molecular weight excluding hydrogens is 396 g/mol. The van der Waals surface area contributed by atoms with Crippen LogP contribution in [0, 0.1) is 0 Å². The molecule has 2 rings (SSSR count). The molecule has 0 fully saturated rings. The summed E-state index contributed by atoms with van der Waals surface area (Å²) in [6.45, 7) is 2.30. The van der Waals surface area contributed by atoms with E-state index in [1.54, 1.807) is 0 Å². The molecule has 0 unspecified atom stereocenters. The molecule has 2 aromatic rings. The number of hydrogen-bond acceptors (Lipinski definition) is 2. The topological polar surface area (TPSA) is 41.1 Å². The van der Waals surface area contributed by atoms with Gasteiger partial charge in [0.25, 0.3) is 0 Å². The number of carbonyl (C=O) groups is 1. The quantitative estimate of drug-likeness (QED) is 0.760. The second kappa shape index (κ2) is 7.73. The number of rotatable bonds is 5. The van der Waals surface area contributed by atoms with Crippen molar-refractivity contribution < 1.29 is 4.79 Å². The smallest absolute Gasteiger partial charge is 0.238 e. The molecule has 0 aliphatic rings. The Morgan fingerprint density at radius 2 is 1.76 bits per heavy atom. The van der Waals surface area contributed by atoms with E-state index in [4.69, 9.17) is 0 Å². The summed E-state index contributed by atoms with van der Waals surface area (Å²) >= 11 is 6.83. The number of hydrogen-bond donors (Lipinski definition) is 2. The molecule has 0 aliphatic heterocycles. The summed E-state index contributed by atoms with van der Waals surface area (Å²) in [4.78, 5) is 11.9. The largest absolute Gasteiger partial charge is 0.325 e. The molecule has 0 aliphatic carbocycles. The van der Waals surface area contributed by atoms with Crippen LogP contribution in [0.3, 0.4) is 0 Å². The third-order valence-electron chi connectivity index (χ3n) is 3.03. The van der Waals surface area contributed by atoms with Crippen LogP contribution in [0.25, 0.3) is 0 Å². The minimum Gasteiger partial charge on any atom is -0.325 e. The van der Waals surface area contributed by atoms with E-state index in [0.717, 1.165) is 20.2 Å². The maximum Gasteiger partial charge on any atom is 0.238 e. The average molecular weight is 412 g/mol. The fraction of sp³-hybridized carbons (Fsp3) is 0.188. The SMILES string of the molecule is C[C@@H](NCC(=O)Nc1cccc(Br)c1)c1cccc(Br)c1. The molecule has 3 nitrogen and oxygen atoms in total. The fourth-order valence-electron chi connectivity index (χ4n) is 1.91. The van der Waals surface area contributed by atoms with Crippen LogP contribution in [0.2, 0.25) is 0 Å². The molecule has 1 atom stereocenters. The highest BCUT2D eigenvalue weighted by Crippen LogP contribution is 2.18. The summed E-state index contributed by atoms with van der Waals surface area (Å²) in [5.74, 6) is -0.0602. The van der Waals surface area contributed by atoms with Gasteiger partial charge in [0.1, 0.15) is 0 Å². The predicted molar refractivity (Wildman–Crippen MR) is 93.3 cm³/mol. The van der Waals surface area contributed by atoms with Crippen molar-refractivity contribution in [2.75, 3.05) is 11.9 Å². The van der Waals surface area contributed by atoms with Crippen LogP contribution in [-0.2, 0) is 4.79 Å². The first-order chi connectivity index (χ1) is 10.0. The first-order valence-electron chi connectivity index (χ1n) is 6.59. The van der Waals surface area contributed by atoms with E-state index in [1.807, 2.05) is 55.5 Å². The summed E-state index contributed by atoms with van der Waals surface area (Å²) < 4.78 is 1.98. The fourth-order valence-corrected chi connectivity index (χ4v) is 2.73. The number of nitrogens with one attached hydrogen (secondary N) is 2. The van der Waals surface area contributed by atoms with Crippen LogP contribution in [0.1, 0.15) is 18.5 Å². The van der Waals surface area contributed by atoms with Gasteiger partial charge in [0.05, 0.1) is 6.54 Å². The summed E-state index contributed by atoms with van der Waals surface area (Å²) in [7, 11) is 0. The zero-order valence-corrected chi connectivity index (χ0v) is 14.7. The maximum absolute atomic E-state index is 11.9. The van der Waals surface area contributed by atoms with E-state index in [-0.39, 0.29) is 18.5 Å². The molecule has 0 spiro atoms. The molecule has 2 N–H and O–H groups in total. The third-order valence-corrected chi connectivity index (χ3v) is 4.01. The lowest BCUT2D eigenvalue weighted by Crippen LogP contribution is -2.30. The van der Waals surface area contributed by atoms with Gasteiger partial charge >= 0.3 is 0 Å². The molecular formula is C16H16Br2N2O. The zero-order valence-electron chi connectivity index (χ0n) is 11.6. The van der Waals surface area contributed by atoms with Gasteiger partial charge in [0.15, 0.2) is 0 Å². The second-order valence-electron chi connectivity index (χ2n) is 4.72. The Bertz CT molecular complexity index is 631. The van der Waals surface area contributed by atoms with Crippen LogP contribution in [-0.4, -0.2) is 12.5 Å². The summed E-state index contributed by atoms with van der Waals surface area (Å²) in [5.41, 5.74) is 1.92. The standard InChI is InChI=1S/C16H16Br2N2O/c1-11(12-4-2-5-13(17)8-12)19-10-16(21)20-15-7-3-6-14(18)9-15/h2-9,11,19H,10H2,1H3,(H,20,21)/t11-/m1/s1. The van der Waals surface area contributed by atoms with Gasteiger partial charge in [-0.25, -0.2) is 0 Å². The van der Waals surface area contributed by atoms with Crippen LogP contribution in [0.5, 0.6) is 0 Å². The zero-order chi connectivity index (χ0) is 15.2. The van der Waals surface area contributed by atoms with Crippen molar-refractivity contribution in [1.82, 2.24) is 5.32 Å². The second-order valence-corrected chi connectivity index (χ2v) is 6.55. The third kappa shape index (κ3) is 5.26. The van der Waals surface area contributed by atoms with Gasteiger partial charge < -0.3 is 10.6 Å². The Kier molecular flexibility index (Phi) is 5.96. The van der Waals surface area contributed by atoms with E-state index >= 15 is 0 Å². The van der Waals surface area contributed by atoms with Gasteiger partial charge in [0.2, 0.25) is 5.91 Å². The van der Waals surface area contributed by atoms with Gasteiger partial charge in [-0.15, -0.1) is 0 Å². The molecule has 0 saturated carbocycles. The van der Waals surface area contributed by atoms with Crippen molar-refractivity contribution in [2.24, 2.45) is 0 Å². The Labute approximate surface area is 141 Å². The van der Waals surface area contributed by atoms with Crippen molar-refractivity contribution >= 4 is 43.5 Å². The van der Waals surface area contributed by atoms with Crippen LogP contribution < -0.4 is 10.6 Å². The highest BCUT2D eigenvalue weighted by atomic mass is 79.9. The lowest BCUT2D eigenvalue weighted by Gasteiger charge is -2.14. The molecule has 5 heteroatoms. The molecule has 110 valence electrons. The average Bonchev–Trinajstić information content (AvgIpc) is 2.45. The summed E-state index contributed by atoms with van der Waals surface area (Å²) in [5, 5.41) is 6.08. The molecule has 0 saturated heterocycles. The normalized spacial score (nSPS) is 12.0. The van der Waals surface area contributed by atoms with Crippen molar-refractivity contribution in [2.45, 2.75) is 13.0 Å². The van der Waals surface area contributed by atoms with Crippen LogP contribution >= 0.6 is 31.9 Å². The van der Waals surface area contributed by atoms with Crippen molar-refractivity contribution in [3.8, 4) is 0 Å². The lowest BCUT2D eigenvalue weighted by atomic mass is 10.1. The van der Waals surface area contributed by atoms with E-state index in [2.05, 4.69) is 42.5 Å². The van der Waals surface area contributed by atoms with Gasteiger partial charge in [-0.05, 0) is 42.8 Å². The Hall–Kier alpha value is -1.17. The molecule has 0 bridgehead atoms. The van der Waals surface area contributed by atoms with Gasteiger partial charge in [0, 0.05) is 20.7 Å². The van der Waals surface area contributed by atoms with E-state index in [1.165, 1.54) is 0 Å². The molecule has 0 radical (unpaired) electrons. The van der Waals surface area contributed by atoms with E-state index < -0.39 is 0 Å². The first kappa shape index (κ1) is 16.2. The number of carbonyl (C=O) groups excluding carboxylic acids is 1. The highest BCUT2D eigenvalue weighted by Gasteiger charge is 2.08. The van der Waals surface area contributed by atoms with E-state index in [9.17, 15) is 4.79 Å². The minimum absolute atomic E-state index is 0.0602. The number of benzene rings is 2. The van der Waals surface area contributed by atoms with Gasteiger partial charge in [-0.1, -0.05) is 50.1 Å². The Balaban J connectivity index is 1.86. The van der Waals surface area contributed by atoms with E-state index in [0.29, 0.717) is 0 Å². The molecule has 21 heavy (non-hydrogen) atoms. The maximum atomic E-state index is 11.9. The van der Waals surface area contributed by atoms with Crippen LogP contribution in [0.4, 0.5) is 5.69 Å². The van der Waals surface area contributed by atoms with Gasteiger partial charge in [-0.3, -0.25) is 4.79 Å². The molecule has 0 aromatic heterocycles. The molecule has 0 heterocycles. The summed E-state index contributed by atoms with van der Waals surface area (Å²) in [6.07, 6.45) is 0. The number of halogens is 2.